The van der Waals surface area contributed by atoms with Crippen molar-refractivity contribution in [2.45, 2.75) is 52.1 Å². The van der Waals surface area contributed by atoms with Gasteiger partial charge in [0.05, 0.1) is 6.61 Å². The quantitative estimate of drug-likeness (QED) is 0.684. The van der Waals surface area contributed by atoms with Gasteiger partial charge in [-0.25, -0.2) is 0 Å². The summed E-state index contributed by atoms with van der Waals surface area (Å²) >= 11 is 0. The average Bonchev–Trinajstić information content (AvgIpc) is 2.56. The maximum absolute atomic E-state index is 5.33. The third-order valence-electron chi connectivity index (χ3n) is 2.60. The maximum atomic E-state index is 5.33. The highest BCUT2D eigenvalue weighted by Gasteiger charge is 2.16. The van der Waals surface area contributed by atoms with Gasteiger partial charge in [-0.05, 0) is 40.0 Å². The van der Waals surface area contributed by atoms with E-state index in [1.807, 2.05) is 0 Å². The monoisotopic (exact) mass is 197 g/mol. The van der Waals surface area contributed by atoms with Gasteiger partial charge >= 0.3 is 0 Å². The van der Waals surface area contributed by atoms with Gasteiger partial charge in [0.25, 0.3) is 0 Å². The highest BCUT2D eigenvalue weighted by Crippen LogP contribution is 2.07. The Kier molecular flexibility index (Phi) is 5.20. The topological polar surface area (TPSA) is 21.3 Å². The van der Waals surface area contributed by atoms with Crippen molar-refractivity contribution in [3.05, 3.63) is 11.6 Å². The van der Waals surface area contributed by atoms with E-state index in [9.17, 15) is 0 Å². The first-order valence-electron chi connectivity index (χ1n) is 5.65. The SMILES string of the molecule is CC(C)=CCCC(C)NC1CCOC1. The second-order valence-electron chi connectivity index (χ2n) is 4.49. The Morgan fingerprint density at radius 2 is 2.36 bits per heavy atom. The molecule has 0 aromatic rings. The van der Waals surface area contributed by atoms with E-state index in [2.05, 4.69) is 32.2 Å². The summed E-state index contributed by atoms with van der Waals surface area (Å²) < 4.78 is 5.33. The maximum Gasteiger partial charge on any atom is 0.0620 e. The van der Waals surface area contributed by atoms with Crippen molar-refractivity contribution in [1.29, 1.82) is 0 Å². The molecule has 0 spiro atoms. The average molecular weight is 197 g/mol. The van der Waals surface area contributed by atoms with Crippen LogP contribution in [0.15, 0.2) is 11.6 Å². The predicted octanol–water partition coefficient (Wildman–Crippen LogP) is 2.50. The van der Waals surface area contributed by atoms with Crippen LogP contribution in [0, 0.1) is 0 Å². The van der Waals surface area contributed by atoms with Crippen LogP contribution in [0.2, 0.25) is 0 Å². The second-order valence-corrected chi connectivity index (χ2v) is 4.49. The molecule has 1 heterocycles. The number of ether oxygens (including phenoxy) is 1. The Morgan fingerprint density at radius 1 is 1.57 bits per heavy atom. The van der Waals surface area contributed by atoms with Crippen molar-refractivity contribution >= 4 is 0 Å². The molecule has 2 atom stereocenters. The van der Waals surface area contributed by atoms with Gasteiger partial charge in [-0.1, -0.05) is 11.6 Å². The Morgan fingerprint density at radius 3 is 2.93 bits per heavy atom. The van der Waals surface area contributed by atoms with Crippen LogP contribution >= 0.6 is 0 Å². The van der Waals surface area contributed by atoms with Crippen LogP contribution in [-0.2, 0) is 4.74 Å². The summed E-state index contributed by atoms with van der Waals surface area (Å²) in [5, 5.41) is 3.60. The van der Waals surface area contributed by atoms with Crippen LogP contribution in [0.4, 0.5) is 0 Å². The summed E-state index contributed by atoms with van der Waals surface area (Å²) in [5.74, 6) is 0. The standard InChI is InChI=1S/C12H23NO/c1-10(2)5-4-6-11(3)13-12-7-8-14-9-12/h5,11-13H,4,6-9H2,1-3H3. The van der Waals surface area contributed by atoms with Gasteiger partial charge in [0.2, 0.25) is 0 Å². The molecule has 1 N–H and O–H groups in total. The fraction of sp³-hybridized carbons (Fsp3) is 0.833. The largest absolute Gasteiger partial charge is 0.380 e. The van der Waals surface area contributed by atoms with Gasteiger partial charge in [0, 0.05) is 18.7 Å². The molecule has 0 aromatic heterocycles. The molecule has 0 aliphatic carbocycles. The van der Waals surface area contributed by atoms with E-state index in [0.29, 0.717) is 12.1 Å². The molecule has 2 nitrogen and oxygen atoms in total. The lowest BCUT2D eigenvalue weighted by Gasteiger charge is -2.17. The lowest BCUT2D eigenvalue weighted by molar-refractivity contribution is 0.188. The summed E-state index contributed by atoms with van der Waals surface area (Å²) in [5.41, 5.74) is 1.42. The highest BCUT2D eigenvalue weighted by molar-refractivity contribution is 4.93. The Balaban J connectivity index is 2.09. The summed E-state index contributed by atoms with van der Waals surface area (Å²) in [7, 11) is 0. The molecule has 0 radical (unpaired) electrons. The van der Waals surface area contributed by atoms with Crippen LogP contribution in [0.3, 0.4) is 0 Å². The van der Waals surface area contributed by atoms with E-state index in [0.717, 1.165) is 13.2 Å². The van der Waals surface area contributed by atoms with Crippen LogP contribution in [-0.4, -0.2) is 25.3 Å². The van der Waals surface area contributed by atoms with E-state index in [1.165, 1.54) is 24.8 Å². The molecule has 0 saturated carbocycles. The predicted molar refractivity (Wildman–Crippen MR) is 60.5 cm³/mol. The molecule has 1 fully saturated rings. The summed E-state index contributed by atoms with van der Waals surface area (Å²) in [4.78, 5) is 0. The van der Waals surface area contributed by atoms with Gasteiger partial charge in [-0.3, -0.25) is 0 Å². The van der Waals surface area contributed by atoms with Crippen molar-refractivity contribution in [2.24, 2.45) is 0 Å². The number of hydrogen-bond donors (Lipinski definition) is 1. The van der Waals surface area contributed by atoms with E-state index in [4.69, 9.17) is 4.74 Å². The molecule has 1 aliphatic heterocycles. The summed E-state index contributed by atoms with van der Waals surface area (Å²) in [6.45, 7) is 8.40. The number of hydrogen-bond acceptors (Lipinski definition) is 2. The first-order chi connectivity index (χ1) is 6.68. The van der Waals surface area contributed by atoms with Crippen molar-refractivity contribution in [3.63, 3.8) is 0 Å². The van der Waals surface area contributed by atoms with Gasteiger partial charge in [-0.15, -0.1) is 0 Å². The smallest absolute Gasteiger partial charge is 0.0620 e. The van der Waals surface area contributed by atoms with Crippen molar-refractivity contribution < 1.29 is 4.74 Å². The highest BCUT2D eigenvalue weighted by atomic mass is 16.5. The minimum atomic E-state index is 0.594. The first kappa shape index (κ1) is 11.7. The molecular formula is C12H23NO. The van der Waals surface area contributed by atoms with Crippen molar-refractivity contribution in [3.8, 4) is 0 Å². The van der Waals surface area contributed by atoms with E-state index in [-0.39, 0.29) is 0 Å². The Labute approximate surface area is 87.7 Å². The summed E-state index contributed by atoms with van der Waals surface area (Å²) in [6.07, 6.45) is 5.89. The van der Waals surface area contributed by atoms with E-state index >= 15 is 0 Å². The molecule has 1 rings (SSSR count). The molecule has 14 heavy (non-hydrogen) atoms. The minimum Gasteiger partial charge on any atom is -0.380 e. The fourth-order valence-corrected chi connectivity index (χ4v) is 1.77. The van der Waals surface area contributed by atoms with Crippen LogP contribution < -0.4 is 5.32 Å². The molecule has 1 saturated heterocycles. The lowest BCUT2D eigenvalue weighted by Crippen LogP contribution is -2.36. The molecule has 82 valence electrons. The lowest BCUT2D eigenvalue weighted by atomic mass is 10.1. The zero-order valence-corrected chi connectivity index (χ0v) is 9.68. The number of allylic oxidation sites excluding steroid dienone is 2. The Bertz CT molecular complexity index is 179. The van der Waals surface area contributed by atoms with Crippen LogP contribution in [0.5, 0.6) is 0 Å². The fourth-order valence-electron chi connectivity index (χ4n) is 1.77. The van der Waals surface area contributed by atoms with Crippen molar-refractivity contribution in [2.75, 3.05) is 13.2 Å². The molecule has 2 heteroatoms. The zero-order chi connectivity index (χ0) is 10.4. The number of nitrogens with one attached hydrogen (secondary N) is 1. The van der Waals surface area contributed by atoms with Gasteiger partial charge in [-0.2, -0.15) is 0 Å². The first-order valence-corrected chi connectivity index (χ1v) is 5.65. The summed E-state index contributed by atoms with van der Waals surface area (Å²) in [6, 6.07) is 1.20. The molecule has 2 unspecified atom stereocenters. The Hall–Kier alpha value is -0.340. The molecule has 0 amide bonds. The zero-order valence-electron chi connectivity index (χ0n) is 9.68. The van der Waals surface area contributed by atoms with Gasteiger partial charge < -0.3 is 10.1 Å². The third-order valence-corrected chi connectivity index (χ3v) is 2.60. The van der Waals surface area contributed by atoms with Crippen LogP contribution in [0.1, 0.15) is 40.0 Å². The van der Waals surface area contributed by atoms with E-state index in [1.54, 1.807) is 0 Å². The number of rotatable bonds is 5. The minimum absolute atomic E-state index is 0.594. The normalized spacial score (nSPS) is 23.5. The molecule has 1 aliphatic rings. The third kappa shape index (κ3) is 4.77. The second kappa shape index (κ2) is 6.20. The van der Waals surface area contributed by atoms with Crippen molar-refractivity contribution in [1.82, 2.24) is 5.32 Å². The van der Waals surface area contributed by atoms with Gasteiger partial charge in [0.1, 0.15) is 0 Å². The molecular weight excluding hydrogens is 174 g/mol. The molecule has 0 bridgehead atoms. The molecule has 0 aromatic carbocycles. The van der Waals surface area contributed by atoms with E-state index < -0.39 is 0 Å². The van der Waals surface area contributed by atoms with Crippen LogP contribution in [0.25, 0.3) is 0 Å². The van der Waals surface area contributed by atoms with Gasteiger partial charge in [0.15, 0.2) is 0 Å².